The van der Waals surface area contributed by atoms with E-state index in [9.17, 15) is 4.79 Å². The third-order valence-electron chi connectivity index (χ3n) is 4.18. The minimum absolute atomic E-state index is 0.0536. The van der Waals surface area contributed by atoms with E-state index in [1.54, 1.807) is 6.07 Å². The van der Waals surface area contributed by atoms with Crippen molar-refractivity contribution < 1.29 is 4.79 Å². The molecule has 4 rings (SSSR count). The number of para-hydroxylation sites is 1. The quantitative estimate of drug-likeness (QED) is 0.862. The van der Waals surface area contributed by atoms with Gasteiger partial charge >= 0.3 is 0 Å². The Kier molecular flexibility index (Phi) is 3.28. The molecule has 1 aliphatic carbocycles. The van der Waals surface area contributed by atoms with Gasteiger partial charge in [-0.15, -0.1) is 0 Å². The first-order valence-electron chi connectivity index (χ1n) is 7.29. The number of carbonyl (C=O) groups is 1. The van der Waals surface area contributed by atoms with E-state index in [0.29, 0.717) is 15.6 Å². The maximum atomic E-state index is 12.9. The average Bonchev–Trinajstić information content (AvgIpc) is 3.35. The van der Waals surface area contributed by atoms with Gasteiger partial charge < -0.3 is 10.2 Å². The van der Waals surface area contributed by atoms with E-state index in [4.69, 9.17) is 23.2 Å². The van der Waals surface area contributed by atoms with Gasteiger partial charge in [0.15, 0.2) is 0 Å². The lowest BCUT2D eigenvalue weighted by molar-refractivity contribution is 0.0666. The molecule has 112 valence electrons. The molecule has 22 heavy (non-hydrogen) atoms. The number of rotatable bonds is 2. The first-order valence-corrected chi connectivity index (χ1v) is 8.04. The summed E-state index contributed by atoms with van der Waals surface area (Å²) in [5.41, 5.74) is 2.39. The van der Waals surface area contributed by atoms with Crippen molar-refractivity contribution in [2.24, 2.45) is 0 Å². The molecule has 1 atom stereocenters. The molecule has 1 N–H and O–H groups in total. The van der Waals surface area contributed by atoms with Gasteiger partial charge in [-0.1, -0.05) is 47.5 Å². The lowest BCUT2D eigenvalue weighted by atomic mass is 10.0. The highest BCUT2D eigenvalue weighted by atomic mass is 35.5. The summed E-state index contributed by atoms with van der Waals surface area (Å²) < 4.78 is 0. The topological polar surface area (TPSA) is 32.3 Å². The highest BCUT2D eigenvalue weighted by Gasteiger charge is 2.42. The van der Waals surface area contributed by atoms with Crippen LogP contribution in [0.15, 0.2) is 42.5 Å². The molecular formula is C17H14Cl2N2O. The van der Waals surface area contributed by atoms with Crippen LogP contribution in [0.3, 0.4) is 0 Å². The van der Waals surface area contributed by atoms with Crippen molar-refractivity contribution in [1.29, 1.82) is 0 Å². The number of hydrogen-bond acceptors (Lipinski definition) is 2. The van der Waals surface area contributed by atoms with Crippen LogP contribution in [0.5, 0.6) is 0 Å². The van der Waals surface area contributed by atoms with Crippen LogP contribution in [-0.4, -0.2) is 16.8 Å². The molecule has 1 heterocycles. The van der Waals surface area contributed by atoms with Gasteiger partial charge in [0, 0.05) is 17.3 Å². The third-order valence-corrected chi connectivity index (χ3v) is 5.01. The van der Waals surface area contributed by atoms with Crippen LogP contribution in [0.25, 0.3) is 0 Å². The Balaban J connectivity index is 1.84. The second-order valence-corrected chi connectivity index (χ2v) is 6.46. The van der Waals surface area contributed by atoms with Crippen LogP contribution >= 0.6 is 23.2 Å². The molecule has 1 amide bonds. The van der Waals surface area contributed by atoms with Crippen molar-refractivity contribution in [2.45, 2.75) is 25.0 Å². The van der Waals surface area contributed by atoms with Gasteiger partial charge in [-0.05, 0) is 31.0 Å². The standard InChI is InChI=1S/C17H14Cl2N2O/c18-13-6-3-5-12(15(13)19)16-20-14-7-2-1-4-11(14)17(22)21(16)10-8-9-10/h1-7,10,16,20H,8-9H2/t16-/m0/s1. The van der Waals surface area contributed by atoms with Gasteiger partial charge in [0.25, 0.3) is 5.91 Å². The second-order valence-electron chi connectivity index (χ2n) is 5.68. The molecule has 1 saturated carbocycles. The summed E-state index contributed by atoms with van der Waals surface area (Å²) in [6, 6.07) is 13.4. The summed E-state index contributed by atoms with van der Waals surface area (Å²) in [5, 5.41) is 4.45. The summed E-state index contributed by atoms with van der Waals surface area (Å²) in [5.74, 6) is 0.0536. The normalized spacial score (nSPS) is 20.5. The van der Waals surface area contributed by atoms with Crippen LogP contribution in [0.2, 0.25) is 10.0 Å². The lowest BCUT2D eigenvalue weighted by Crippen LogP contribution is -2.44. The summed E-state index contributed by atoms with van der Waals surface area (Å²) in [6.07, 6.45) is 1.79. The number of hydrogen-bond donors (Lipinski definition) is 1. The first kappa shape index (κ1) is 13.9. The Morgan fingerprint density at radius 3 is 2.59 bits per heavy atom. The number of carbonyl (C=O) groups excluding carboxylic acids is 1. The Bertz CT molecular complexity index is 758. The molecule has 0 bridgehead atoms. The van der Waals surface area contributed by atoms with Gasteiger partial charge in [-0.25, -0.2) is 0 Å². The highest BCUT2D eigenvalue weighted by Crippen LogP contribution is 2.43. The molecule has 1 fully saturated rings. The van der Waals surface area contributed by atoms with Crippen molar-refractivity contribution in [3.8, 4) is 0 Å². The molecule has 3 nitrogen and oxygen atoms in total. The van der Waals surface area contributed by atoms with Crippen molar-refractivity contribution in [2.75, 3.05) is 5.32 Å². The maximum absolute atomic E-state index is 12.9. The molecule has 0 radical (unpaired) electrons. The summed E-state index contributed by atoms with van der Waals surface area (Å²) >= 11 is 12.5. The van der Waals surface area contributed by atoms with Crippen LogP contribution in [0, 0.1) is 0 Å². The Morgan fingerprint density at radius 1 is 1.05 bits per heavy atom. The Hall–Kier alpha value is -1.71. The predicted octanol–water partition coefficient (Wildman–Crippen LogP) is 4.72. The van der Waals surface area contributed by atoms with Gasteiger partial charge in [0.2, 0.25) is 0 Å². The van der Waals surface area contributed by atoms with Gasteiger partial charge in [-0.3, -0.25) is 4.79 Å². The van der Waals surface area contributed by atoms with Crippen LogP contribution in [-0.2, 0) is 0 Å². The fourth-order valence-corrected chi connectivity index (χ4v) is 3.37. The van der Waals surface area contributed by atoms with Crippen molar-refractivity contribution in [3.05, 3.63) is 63.6 Å². The molecule has 5 heteroatoms. The highest BCUT2D eigenvalue weighted by molar-refractivity contribution is 6.42. The zero-order chi connectivity index (χ0) is 15.3. The first-order chi connectivity index (χ1) is 10.7. The van der Waals surface area contributed by atoms with Crippen molar-refractivity contribution in [1.82, 2.24) is 4.90 Å². The van der Waals surface area contributed by atoms with E-state index >= 15 is 0 Å². The number of nitrogens with one attached hydrogen (secondary N) is 1. The fourth-order valence-electron chi connectivity index (χ4n) is 2.96. The van der Waals surface area contributed by atoms with Crippen LogP contribution in [0.1, 0.15) is 34.9 Å². The summed E-state index contributed by atoms with van der Waals surface area (Å²) in [4.78, 5) is 14.8. The monoisotopic (exact) mass is 332 g/mol. The van der Waals surface area contributed by atoms with E-state index in [1.807, 2.05) is 41.3 Å². The zero-order valence-electron chi connectivity index (χ0n) is 11.7. The van der Waals surface area contributed by atoms with Gasteiger partial charge in [0.1, 0.15) is 6.17 Å². The Labute approximate surface area is 138 Å². The van der Waals surface area contributed by atoms with E-state index in [0.717, 1.165) is 24.1 Å². The summed E-state index contributed by atoms with van der Waals surface area (Å²) in [6.45, 7) is 0. The van der Waals surface area contributed by atoms with E-state index in [1.165, 1.54) is 0 Å². The smallest absolute Gasteiger partial charge is 0.258 e. The number of nitrogens with zero attached hydrogens (tertiary/aromatic N) is 1. The average molecular weight is 333 g/mol. The van der Waals surface area contributed by atoms with Crippen molar-refractivity contribution >= 4 is 34.8 Å². The third kappa shape index (κ3) is 2.16. The van der Waals surface area contributed by atoms with Crippen LogP contribution < -0.4 is 5.32 Å². The number of fused-ring (bicyclic) bond motifs is 1. The molecule has 2 aromatic rings. The maximum Gasteiger partial charge on any atom is 0.258 e. The van der Waals surface area contributed by atoms with Crippen molar-refractivity contribution in [3.63, 3.8) is 0 Å². The molecular weight excluding hydrogens is 319 g/mol. The number of amides is 1. The Morgan fingerprint density at radius 2 is 1.82 bits per heavy atom. The number of halogens is 2. The van der Waals surface area contributed by atoms with Crippen LogP contribution in [0.4, 0.5) is 5.69 Å². The number of benzene rings is 2. The fraction of sp³-hybridized carbons (Fsp3) is 0.235. The summed E-state index contributed by atoms with van der Waals surface area (Å²) in [7, 11) is 0. The van der Waals surface area contributed by atoms with E-state index in [2.05, 4.69) is 5.32 Å². The second kappa shape index (κ2) is 5.18. The predicted molar refractivity (Wildman–Crippen MR) is 88.5 cm³/mol. The molecule has 0 aromatic heterocycles. The van der Waals surface area contributed by atoms with E-state index < -0.39 is 0 Å². The zero-order valence-corrected chi connectivity index (χ0v) is 13.2. The molecule has 1 aliphatic heterocycles. The van der Waals surface area contributed by atoms with Gasteiger partial charge in [-0.2, -0.15) is 0 Å². The van der Waals surface area contributed by atoms with E-state index in [-0.39, 0.29) is 18.1 Å². The minimum Gasteiger partial charge on any atom is -0.361 e. The molecule has 2 aliphatic rings. The largest absolute Gasteiger partial charge is 0.361 e. The molecule has 0 saturated heterocycles. The molecule has 0 spiro atoms. The van der Waals surface area contributed by atoms with Gasteiger partial charge in [0.05, 0.1) is 15.6 Å². The lowest BCUT2D eigenvalue weighted by Gasteiger charge is -2.38. The molecule has 0 unspecified atom stereocenters. The molecule has 2 aromatic carbocycles. The number of anilines is 1. The SMILES string of the molecule is O=C1c2ccccc2N[C@H](c2cccc(Cl)c2Cl)N1C1CC1. The minimum atomic E-state index is -0.277.